The second-order valence-electron chi connectivity index (χ2n) is 10.2. The molecule has 5 heteroatoms. The van der Waals surface area contributed by atoms with E-state index in [1.54, 1.807) is 30.3 Å². The maximum absolute atomic E-state index is 13.3. The molecule has 3 rings (SSSR count). The molecule has 0 unspecified atom stereocenters. The molecule has 31 heavy (non-hydrogen) atoms. The van der Waals surface area contributed by atoms with Crippen LogP contribution in [-0.2, 0) is 9.59 Å². The molecule has 2 aliphatic carbocycles. The van der Waals surface area contributed by atoms with Crippen LogP contribution in [0, 0.1) is 10.8 Å². The number of aliphatic hydroxyl groups excluding tert-OH is 2. The smallest absolute Gasteiger partial charge is 0.163 e. The number of para-hydroxylation sites is 1. The van der Waals surface area contributed by atoms with Gasteiger partial charge in [0.2, 0.25) is 0 Å². The van der Waals surface area contributed by atoms with Crippen molar-refractivity contribution in [3.05, 3.63) is 65.1 Å². The monoisotopic (exact) mass is 424 g/mol. The first kappa shape index (κ1) is 22.9. The lowest BCUT2D eigenvalue weighted by atomic mass is 9.67. The lowest BCUT2D eigenvalue weighted by Crippen LogP contribution is -2.33. The molecule has 0 aromatic heterocycles. The van der Waals surface area contributed by atoms with Gasteiger partial charge >= 0.3 is 0 Å². The van der Waals surface area contributed by atoms with Crippen LogP contribution in [0.2, 0.25) is 0 Å². The van der Waals surface area contributed by atoms with Gasteiger partial charge in [0.15, 0.2) is 11.6 Å². The molecule has 0 radical (unpaired) electrons. The zero-order chi connectivity index (χ0) is 23.0. The molecule has 0 bridgehead atoms. The van der Waals surface area contributed by atoms with Gasteiger partial charge in [-0.15, -0.1) is 0 Å². The van der Waals surface area contributed by atoms with Crippen LogP contribution in [0.5, 0.6) is 5.75 Å². The number of allylic oxidation sites excluding steroid dienone is 4. The zero-order valence-corrected chi connectivity index (χ0v) is 18.8. The molecule has 0 saturated heterocycles. The predicted molar refractivity (Wildman–Crippen MR) is 120 cm³/mol. The highest BCUT2D eigenvalue weighted by Gasteiger charge is 2.44. The highest BCUT2D eigenvalue weighted by molar-refractivity contribution is 6.05. The predicted octanol–water partition coefficient (Wildman–Crippen LogP) is 5.74. The van der Waals surface area contributed by atoms with E-state index >= 15 is 0 Å². The Bertz CT molecular complexity index is 925. The van der Waals surface area contributed by atoms with Crippen molar-refractivity contribution in [1.82, 2.24) is 0 Å². The second-order valence-corrected chi connectivity index (χ2v) is 10.2. The standard InChI is InChI=1S/C26H32O5/c1-6-11-31-21-10-8-7-9-16(21)22(23-17(27)12-25(2,3)13-18(23)28)24-19(29)14-26(4,5)15-20(24)30/h6-10,22,27,29H,1,11-15H2,2-5H3. The fraction of sp³-hybridized carbons (Fsp3) is 0.462. The number of rotatable bonds is 6. The Morgan fingerprint density at radius 3 is 1.87 bits per heavy atom. The average Bonchev–Trinajstić information content (AvgIpc) is 2.62. The van der Waals surface area contributed by atoms with Gasteiger partial charge in [-0.2, -0.15) is 0 Å². The number of hydrogen-bond acceptors (Lipinski definition) is 5. The van der Waals surface area contributed by atoms with Crippen LogP contribution >= 0.6 is 0 Å². The number of aliphatic hydroxyl groups is 2. The van der Waals surface area contributed by atoms with Gasteiger partial charge in [-0.3, -0.25) is 9.59 Å². The largest absolute Gasteiger partial charge is 0.512 e. The Morgan fingerprint density at radius 1 is 0.935 bits per heavy atom. The van der Waals surface area contributed by atoms with Crippen molar-refractivity contribution in [1.29, 1.82) is 0 Å². The van der Waals surface area contributed by atoms with Crippen molar-refractivity contribution in [3.63, 3.8) is 0 Å². The number of ketones is 2. The molecule has 1 aromatic carbocycles. The Morgan fingerprint density at radius 2 is 1.42 bits per heavy atom. The Balaban J connectivity index is 2.26. The summed E-state index contributed by atoms with van der Waals surface area (Å²) in [5, 5.41) is 21.9. The van der Waals surface area contributed by atoms with E-state index in [0.717, 1.165) is 0 Å². The van der Waals surface area contributed by atoms with Crippen LogP contribution in [0.15, 0.2) is 59.6 Å². The summed E-state index contributed by atoms with van der Waals surface area (Å²) in [6.07, 6.45) is 2.78. The van der Waals surface area contributed by atoms with Gasteiger partial charge < -0.3 is 14.9 Å². The van der Waals surface area contributed by atoms with Crippen molar-refractivity contribution in [2.75, 3.05) is 6.61 Å². The fourth-order valence-corrected chi connectivity index (χ4v) is 4.71. The van der Waals surface area contributed by atoms with E-state index in [9.17, 15) is 19.8 Å². The number of Topliss-reactive ketones (excluding diaryl/α,β-unsaturated/α-hetero) is 2. The first-order valence-electron chi connectivity index (χ1n) is 10.7. The van der Waals surface area contributed by atoms with E-state index in [4.69, 9.17) is 4.74 Å². The quantitative estimate of drug-likeness (QED) is 0.569. The molecule has 5 nitrogen and oxygen atoms in total. The highest BCUT2D eigenvalue weighted by atomic mass is 16.5. The highest BCUT2D eigenvalue weighted by Crippen LogP contribution is 2.49. The van der Waals surface area contributed by atoms with Crippen LogP contribution in [-0.4, -0.2) is 28.4 Å². The topological polar surface area (TPSA) is 83.8 Å². The third-order valence-corrected chi connectivity index (χ3v) is 5.96. The van der Waals surface area contributed by atoms with E-state index in [-0.39, 0.29) is 64.5 Å². The van der Waals surface area contributed by atoms with Crippen molar-refractivity contribution < 1.29 is 24.5 Å². The van der Waals surface area contributed by atoms with Crippen LogP contribution in [0.3, 0.4) is 0 Å². The van der Waals surface area contributed by atoms with Crippen molar-refractivity contribution in [2.45, 2.75) is 59.3 Å². The molecule has 0 fully saturated rings. The number of ether oxygens (including phenoxy) is 1. The Labute approximate surface area is 184 Å². The Hall–Kier alpha value is -2.82. The molecule has 1 aromatic rings. The van der Waals surface area contributed by atoms with Gasteiger partial charge in [0, 0.05) is 42.4 Å². The van der Waals surface area contributed by atoms with Crippen molar-refractivity contribution >= 4 is 11.6 Å². The van der Waals surface area contributed by atoms with Gasteiger partial charge in [-0.25, -0.2) is 0 Å². The minimum Gasteiger partial charge on any atom is -0.512 e. The minimum atomic E-state index is -0.881. The molecule has 0 atom stereocenters. The summed E-state index contributed by atoms with van der Waals surface area (Å²) < 4.78 is 5.82. The molecule has 0 spiro atoms. The first-order valence-corrected chi connectivity index (χ1v) is 10.7. The molecule has 0 saturated carbocycles. The zero-order valence-electron chi connectivity index (χ0n) is 18.8. The van der Waals surface area contributed by atoms with Crippen LogP contribution in [0.4, 0.5) is 0 Å². The number of carbonyl (C=O) groups is 2. The lowest BCUT2D eigenvalue weighted by Gasteiger charge is -2.36. The summed E-state index contributed by atoms with van der Waals surface area (Å²) in [7, 11) is 0. The third-order valence-electron chi connectivity index (χ3n) is 5.96. The molecule has 0 amide bonds. The Kier molecular flexibility index (Phi) is 6.17. The number of hydrogen-bond donors (Lipinski definition) is 2. The normalized spacial score (nSPS) is 20.9. The SMILES string of the molecule is C=CCOc1ccccc1C(C1=C(O)CC(C)(C)CC1=O)C1=C(O)CC(C)(C)CC1=O. The number of carbonyl (C=O) groups excluding carboxylic acids is 2. The minimum absolute atomic E-state index is 0.0253. The van der Waals surface area contributed by atoms with Gasteiger partial charge in [-0.05, 0) is 16.9 Å². The van der Waals surface area contributed by atoms with Crippen LogP contribution < -0.4 is 4.74 Å². The molecular weight excluding hydrogens is 392 g/mol. The summed E-state index contributed by atoms with van der Waals surface area (Å²) in [4.78, 5) is 26.5. The van der Waals surface area contributed by atoms with Crippen molar-refractivity contribution in [2.24, 2.45) is 10.8 Å². The molecule has 0 aliphatic heterocycles. The van der Waals surface area contributed by atoms with Crippen molar-refractivity contribution in [3.8, 4) is 5.75 Å². The molecule has 0 heterocycles. The average molecular weight is 425 g/mol. The maximum atomic E-state index is 13.3. The first-order chi connectivity index (χ1) is 14.5. The van der Waals surface area contributed by atoms with Crippen LogP contribution in [0.25, 0.3) is 0 Å². The summed E-state index contributed by atoms with van der Waals surface area (Å²) in [6.45, 7) is 11.6. The molecule has 2 aliphatic rings. The fourth-order valence-electron chi connectivity index (χ4n) is 4.71. The van der Waals surface area contributed by atoms with Gasteiger partial charge in [0.25, 0.3) is 0 Å². The van der Waals surface area contributed by atoms with E-state index in [2.05, 4.69) is 6.58 Å². The maximum Gasteiger partial charge on any atom is 0.163 e. The van der Waals surface area contributed by atoms with E-state index in [1.165, 1.54) is 0 Å². The summed E-state index contributed by atoms with van der Waals surface area (Å²) in [5.41, 5.74) is 0.201. The van der Waals surface area contributed by atoms with Gasteiger partial charge in [0.1, 0.15) is 23.9 Å². The van der Waals surface area contributed by atoms with E-state index in [1.807, 2.05) is 27.7 Å². The second kappa shape index (κ2) is 8.37. The van der Waals surface area contributed by atoms with Crippen LogP contribution in [0.1, 0.15) is 64.9 Å². The summed E-state index contributed by atoms with van der Waals surface area (Å²) in [6, 6.07) is 7.14. The van der Waals surface area contributed by atoms with E-state index in [0.29, 0.717) is 24.2 Å². The van der Waals surface area contributed by atoms with Gasteiger partial charge in [0.05, 0.1) is 5.92 Å². The van der Waals surface area contributed by atoms with E-state index < -0.39 is 5.92 Å². The van der Waals surface area contributed by atoms with Gasteiger partial charge in [-0.1, -0.05) is 58.5 Å². The lowest BCUT2D eigenvalue weighted by molar-refractivity contribution is -0.119. The molecule has 2 N–H and O–H groups in total. The molecular formula is C26H32O5. The third kappa shape index (κ3) is 4.76. The summed E-state index contributed by atoms with van der Waals surface area (Å²) >= 11 is 0. The summed E-state index contributed by atoms with van der Waals surface area (Å²) in [5.74, 6) is -0.868. The molecule has 166 valence electrons. The number of benzene rings is 1.